The van der Waals surface area contributed by atoms with Crippen molar-refractivity contribution in [1.82, 2.24) is 9.97 Å². The summed E-state index contributed by atoms with van der Waals surface area (Å²) >= 11 is 0. The standard InChI is InChI=1S/C21H28N4O2/c1-14-18(13-19(22)21(24-14)15-5-10-27-11-6-15)16-2-7-23-20(12-16)25-8-3-17(26)4-9-25/h2,7,12-13,15,17,26H,3-6,8-11,22H2,1H3. The number of aryl methyl sites for hydroxylation is 1. The van der Waals surface area contributed by atoms with Crippen LogP contribution in [0.1, 0.15) is 43.0 Å². The third-order valence-corrected chi connectivity index (χ3v) is 5.73. The maximum absolute atomic E-state index is 9.73. The molecule has 2 aliphatic rings. The lowest BCUT2D eigenvalue weighted by atomic mass is 9.93. The molecule has 2 fully saturated rings. The number of pyridine rings is 2. The fourth-order valence-corrected chi connectivity index (χ4v) is 4.08. The van der Waals surface area contributed by atoms with E-state index in [1.54, 1.807) is 0 Å². The Labute approximate surface area is 160 Å². The Morgan fingerprint density at radius 3 is 2.63 bits per heavy atom. The fraction of sp³-hybridized carbons (Fsp3) is 0.524. The first-order chi connectivity index (χ1) is 13.1. The van der Waals surface area contributed by atoms with Crippen LogP contribution in [0.25, 0.3) is 11.1 Å². The van der Waals surface area contributed by atoms with Crippen molar-refractivity contribution in [3.05, 3.63) is 35.8 Å². The maximum atomic E-state index is 9.73. The number of nitrogen functional groups attached to an aromatic ring is 1. The van der Waals surface area contributed by atoms with Gasteiger partial charge in [0.25, 0.3) is 0 Å². The summed E-state index contributed by atoms with van der Waals surface area (Å²) < 4.78 is 5.47. The number of hydrogen-bond donors (Lipinski definition) is 2. The van der Waals surface area contributed by atoms with E-state index in [0.717, 1.165) is 86.0 Å². The van der Waals surface area contributed by atoms with Gasteiger partial charge in [-0.15, -0.1) is 0 Å². The first kappa shape index (κ1) is 18.2. The number of aromatic nitrogens is 2. The molecule has 0 saturated carbocycles. The van der Waals surface area contributed by atoms with Gasteiger partial charge in [0, 0.05) is 49.7 Å². The number of aliphatic hydroxyl groups excluding tert-OH is 1. The van der Waals surface area contributed by atoms with Crippen LogP contribution in [-0.2, 0) is 4.74 Å². The van der Waals surface area contributed by atoms with Gasteiger partial charge >= 0.3 is 0 Å². The Morgan fingerprint density at radius 1 is 1.15 bits per heavy atom. The van der Waals surface area contributed by atoms with Crippen LogP contribution in [0.4, 0.5) is 11.5 Å². The molecule has 0 amide bonds. The molecule has 6 nitrogen and oxygen atoms in total. The average Bonchev–Trinajstić information content (AvgIpc) is 2.71. The second-order valence-corrected chi connectivity index (χ2v) is 7.60. The zero-order chi connectivity index (χ0) is 18.8. The summed E-state index contributed by atoms with van der Waals surface area (Å²) in [6.45, 7) is 5.28. The van der Waals surface area contributed by atoms with Crippen molar-refractivity contribution < 1.29 is 9.84 Å². The van der Waals surface area contributed by atoms with E-state index in [1.165, 1.54) is 0 Å². The predicted octanol–water partition coefficient (Wildman–Crippen LogP) is 2.89. The Balaban J connectivity index is 1.61. The molecule has 4 heterocycles. The molecule has 2 saturated heterocycles. The smallest absolute Gasteiger partial charge is 0.129 e. The van der Waals surface area contributed by atoms with E-state index in [1.807, 2.05) is 12.3 Å². The quantitative estimate of drug-likeness (QED) is 0.867. The van der Waals surface area contributed by atoms with Crippen molar-refractivity contribution in [2.45, 2.75) is 44.6 Å². The normalized spacial score (nSPS) is 19.4. The van der Waals surface area contributed by atoms with Crippen molar-refractivity contribution in [3.8, 4) is 11.1 Å². The van der Waals surface area contributed by atoms with Crippen LogP contribution in [0.2, 0.25) is 0 Å². The first-order valence-corrected chi connectivity index (χ1v) is 9.86. The second kappa shape index (κ2) is 7.82. The van der Waals surface area contributed by atoms with E-state index in [9.17, 15) is 5.11 Å². The summed E-state index contributed by atoms with van der Waals surface area (Å²) in [4.78, 5) is 11.6. The van der Waals surface area contributed by atoms with Gasteiger partial charge in [-0.05, 0) is 56.4 Å². The van der Waals surface area contributed by atoms with E-state index in [4.69, 9.17) is 15.5 Å². The van der Waals surface area contributed by atoms with Crippen LogP contribution >= 0.6 is 0 Å². The molecule has 2 aromatic heterocycles. The summed E-state index contributed by atoms with van der Waals surface area (Å²) in [6, 6.07) is 6.18. The summed E-state index contributed by atoms with van der Waals surface area (Å²) in [5.41, 5.74) is 11.3. The van der Waals surface area contributed by atoms with Gasteiger partial charge < -0.3 is 20.5 Å². The minimum absolute atomic E-state index is 0.187. The summed E-state index contributed by atoms with van der Waals surface area (Å²) in [5, 5.41) is 9.73. The number of piperidine rings is 1. The molecular formula is C21H28N4O2. The molecule has 27 heavy (non-hydrogen) atoms. The molecule has 0 aromatic carbocycles. The molecule has 2 aliphatic heterocycles. The lowest BCUT2D eigenvalue weighted by Gasteiger charge is -2.30. The molecule has 0 aliphatic carbocycles. The number of nitrogens with zero attached hydrogens (tertiary/aromatic N) is 3. The SMILES string of the molecule is Cc1nc(C2CCOCC2)c(N)cc1-c1ccnc(N2CCC(O)CC2)c1. The van der Waals surface area contributed by atoms with Gasteiger partial charge in [0.1, 0.15) is 5.82 Å². The maximum Gasteiger partial charge on any atom is 0.129 e. The summed E-state index contributed by atoms with van der Waals surface area (Å²) in [6.07, 6.45) is 5.20. The van der Waals surface area contributed by atoms with E-state index in [2.05, 4.69) is 28.9 Å². The molecule has 2 aromatic rings. The van der Waals surface area contributed by atoms with E-state index in [0.29, 0.717) is 5.92 Å². The van der Waals surface area contributed by atoms with Gasteiger partial charge in [-0.1, -0.05) is 0 Å². The molecule has 3 N–H and O–H groups in total. The largest absolute Gasteiger partial charge is 0.397 e. The highest BCUT2D eigenvalue weighted by atomic mass is 16.5. The molecule has 6 heteroatoms. The zero-order valence-electron chi connectivity index (χ0n) is 15.9. The fourth-order valence-electron chi connectivity index (χ4n) is 4.08. The Bertz CT molecular complexity index is 797. The lowest BCUT2D eigenvalue weighted by Crippen LogP contribution is -2.36. The minimum Gasteiger partial charge on any atom is -0.397 e. The van der Waals surface area contributed by atoms with Gasteiger partial charge in [-0.25, -0.2) is 4.98 Å². The Hall–Kier alpha value is -2.18. The highest BCUT2D eigenvalue weighted by molar-refractivity contribution is 5.72. The molecule has 0 radical (unpaired) electrons. The monoisotopic (exact) mass is 368 g/mol. The Morgan fingerprint density at radius 2 is 1.89 bits per heavy atom. The third-order valence-electron chi connectivity index (χ3n) is 5.73. The van der Waals surface area contributed by atoms with Crippen LogP contribution in [0.5, 0.6) is 0 Å². The lowest BCUT2D eigenvalue weighted by molar-refractivity contribution is 0.0846. The van der Waals surface area contributed by atoms with Crippen LogP contribution < -0.4 is 10.6 Å². The van der Waals surface area contributed by atoms with Gasteiger partial charge in [0.15, 0.2) is 0 Å². The average molecular weight is 368 g/mol. The first-order valence-electron chi connectivity index (χ1n) is 9.86. The van der Waals surface area contributed by atoms with Gasteiger partial charge in [0.2, 0.25) is 0 Å². The predicted molar refractivity (Wildman–Crippen MR) is 107 cm³/mol. The van der Waals surface area contributed by atoms with E-state index < -0.39 is 0 Å². The number of rotatable bonds is 3. The molecule has 0 atom stereocenters. The van der Waals surface area contributed by atoms with Crippen LogP contribution in [0.15, 0.2) is 24.4 Å². The number of hydrogen-bond acceptors (Lipinski definition) is 6. The molecule has 4 rings (SSSR count). The van der Waals surface area contributed by atoms with Crippen LogP contribution in [0.3, 0.4) is 0 Å². The molecule has 0 spiro atoms. The van der Waals surface area contributed by atoms with Crippen LogP contribution in [0, 0.1) is 6.92 Å². The highest BCUT2D eigenvalue weighted by Gasteiger charge is 2.22. The third kappa shape index (κ3) is 3.92. The minimum atomic E-state index is -0.187. The van der Waals surface area contributed by atoms with Gasteiger partial charge in [0.05, 0.1) is 17.5 Å². The van der Waals surface area contributed by atoms with E-state index >= 15 is 0 Å². The van der Waals surface area contributed by atoms with Crippen molar-refractivity contribution in [3.63, 3.8) is 0 Å². The van der Waals surface area contributed by atoms with Crippen LogP contribution in [-0.4, -0.2) is 47.5 Å². The molecule has 144 valence electrons. The number of aliphatic hydroxyl groups is 1. The summed E-state index contributed by atoms with van der Waals surface area (Å²) in [7, 11) is 0. The van der Waals surface area contributed by atoms with E-state index in [-0.39, 0.29) is 6.10 Å². The molecule has 0 bridgehead atoms. The van der Waals surface area contributed by atoms with Gasteiger partial charge in [-0.2, -0.15) is 0 Å². The number of anilines is 2. The topological polar surface area (TPSA) is 84.5 Å². The number of nitrogens with two attached hydrogens (primary N) is 1. The second-order valence-electron chi connectivity index (χ2n) is 7.60. The van der Waals surface area contributed by atoms with Crippen molar-refractivity contribution in [2.24, 2.45) is 0 Å². The van der Waals surface area contributed by atoms with Crippen molar-refractivity contribution in [2.75, 3.05) is 36.9 Å². The highest BCUT2D eigenvalue weighted by Crippen LogP contribution is 2.34. The summed E-state index contributed by atoms with van der Waals surface area (Å²) in [5.74, 6) is 1.34. The molecular weight excluding hydrogens is 340 g/mol. The number of ether oxygens (including phenoxy) is 1. The molecule has 0 unspecified atom stereocenters. The Kier molecular flexibility index (Phi) is 5.27. The van der Waals surface area contributed by atoms with Crippen molar-refractivity contribution in [1.29, 1.82) is 0 Å². The van der Waals surface area contributed by atoms with Crippen molar-refractivity contribution >= 4 is 11.5 Å². The zero-order valence-corrected chi connectivity index (χ0v) is 15.9. The van der Waals surface area contributed by atoms with Gasteiger partial charge in [-0.3, -0.25) is 4.98 Å².